The lowest BCUT2D eigenvalue weighted by Gasteiger charge is -2.05. The molecule has 3 rings (SSSR count). The normalized spacial score (nSPS) is 10.8. The van der Waals surface area contributed by atoms with Gasteiger partial charge < -0.3 is 10.5 Å². The number of anilines is 1. The summed E-state index contributed by atoms with van der Waals surface area (Å²) < 4.78 is 6.95. The van der Waals surface area contributed by atoms with Gasteiger partial charge in [-0.25, -0.2) is 9.97 Å². The number of methoxy groups -OCH3 is 1. The number of aromatic nitrogens is 5. The van der Waals surface area contributed by atoms with Crippen LogP contribution in [-0.2, 0) is 6.54 Å². The Morgan fingerprint density at radius 2 is 2.26 bits per heavy atom. The number of nitrogens with two attached hydrogens (primary N) is 1. The van der Waals surface area contributed by atoms with Gasteiger partial charge in [-0.1, -0.05) is 6.07 Å². The second-order valence-electron chi connectivity index (χ2n) is 3.97. The van der Waals surface area contributed by atoms with Crippen molar-refractivity contribution in [3.05, 3.63) is 36.4 Å². The first-order chi connectivity index (χ1) is 9.29. The van der Waals surface area contributed by atoms with Gasteiger partial charge in [-0.05, 0) is 11.6 Å². The van der Waals surface area contributed by atoms with Crippen LogP contribution in [0.1, 0.15) is 5.56 Å². The lowest BCUT2D eigenvalue weighted by Crippen LogP contribution is -2.05. The van der Waals surface area contributed by atoms with Crippen molar-refractivity contribution in [2.75, 3.05) is 12.8 Å². The highest BCUT2D eigenvalue weighted by Crippen LogP contribution is 2.23. The number of nitrogen functional groups attached to an aromatic ring is 1. The zero-order chi connectivity index (χ0) is 13.2. The van der Waals surface area contributed by atoms with Gasteiger partial charge >= 0.3 is 0 Å². The van der Waals surface area contributed by atoms with E-state index in [9.17, 15) is 0 Å². The van der Waals surface area contributed by atoms with Crippen LogP contribution >= 0.6 is 0 Å². The third-order valence-electron chi connectivity index (χ3n) is 2.78. The van der Waals surface area contributed by atoms with E-state index in [4.69, 9.17) is 10.5 Å². The SMILES string of the molecule is COc1ncnc2c1nc(N)n2Cc1cccnc1. The number of ether oxygens (including phenoxy) is 1. The van der Waals surface area contributed by atoms with Gasteiger partial charge in [0.1, 0.15) is 6.33 Å². The largest absolute Gasteiger partial charge is 0.479 e. The van der Waals surface area contributed by atoms with Crippen molar-refractivity contribution < 1.29 is 4.74 Å². The summed E-state index contributed by atoms with van der Waals surface area (Å²) in [7, 11) is 1.54. The van der Waals surface area contributed by atoms with Gasteiger partial charge in [-0.15, -0.1) is 0 Å². The maximum atomic E-state index is 5.93. The van der Waals surface area contributed by atoms with Crippen LogP contribution in [0.15, 0.2) is 30.9 Å². The first-order valence-electron chi connectivity index (χ1n) is 5.69. The number of hydrogen-bond donors (Lipinski definition) is 1. The fraction of sp³-hybridized carbons (Fsp3) is 0.167. The van der Waals surface area contributed by atoms with E-state index in [1.165, 1.54) is 13.4 Å². The zero-order valence-electron chi connectivity index (χ0n) is 10.3. The second-order valence-corrected chi connectivity index (χ2v) is 3.97. The van der Waals surface area contributed by atoms with E-state index >= 15 is 0 Å². The molecule has 0 radical (unpaired) electrons. The summed E-state index contributed by atoms with van der Waals surface area (Å²) in [6.07, 6.45) is 4.94. The lowest BCUT2D eigenvalue weighted by molar-refractivity contribution is 0.401. The molecule has 0 atom stereocenters. The van der Waals surface area contributed by atoms with E-state index in [1.807, 2.05) is 12.1 Å². The predicted octanol–water partition coefficient (Wildman–Crippen LogP) is 0.860. The highest BCUT2D eigenvalue weighted by Gasteiger charge is 2.14. The number of imidazole rings is 1. The van der Waals surface area contributed by atoms with Crippen LogP contribution in [0.3, 0.4) is 0 Å². The van der Waals surface area contributed by atoms with Gasteiger partial charge in [-0.2, -0.15) is 4.98 Å². The Morgan fingerprint density at radius 1 is 1.37 bits per heavy atom. The topological polar surface area (TPSA) is 91.7 Å². The molecule has 0 aliphatic carbocycles. The standard InChI is InChI=1S/C12H12N6O/c1-19-11-9-10(15-7-16-11)18(12(13)17-9)6-8-3-2-4-14-5-8/h2-5,7H,6H2,1H3,(H2,13,17). The number of rotatable bonds is 3. The number of hydrogen-bond acceptors (Lipinski definition) is 6. The Hall–Kier alpha value is -2.70. The molecule has 0 fully saturated rings. The first kappa shape index (κ1) is 11.4. The summed E-state index contributed by atoms with van der Waals surface area (Å²) >= 11 is 0. The van der Waals surface area contributed by atoms with E-state index in [1.54, 1.807) is 17.0 Å². The molecule has 0 saturated heterocycles. The van der Waals surface area contributed by atoms with Gasteiger partial charge in [0.05, 0.1) is 13.7 Å². The van der Waals surface area contributed by atoms with Crippen LogP contribution in [-0.4, -0.2) is 31.6 Å². The smallest absolute Gasteiger partial charge is 0.245 e. The summed E-state index contributed by atoms with van der Waals surface area (Å²) in [6, 6.07) is 3.84. The monoisotopic (exact) mass is 256 g/mol. The van der Waals surface area contributed by atoms with Crippen molar-refractivity contribution >= 4 is 17.1 Å². The Bertz CT molecular complexity index is 709. The minimum Gasteiger partial charge on any atom is -0.479 e. The minimum absolute atomic E-state index is 0.373. The highest BCUT2D eigenvalue weighted by molar-refractivity contribution is 5.79. The molecule has 3 aromatic rings. The van der Waals surface area contributed by atoms with Crippen LogP contribution < -0.4 is 10.5 Å². The fourth-order valence-corrected chi connectivity index (χ4v) is 1.91. The van der Waals surface area contributed by atoms with E-state index in [0.717, 1.165) is 5.56 Å². The molecule has 19 heavy (non-hydrogen) atoms. The number of nitrogens with zero attached hydrogens (tertiary/aromatic N) is 5. The van der Waals surface area contributed by atoms with Crippen molar-refractivity contribution in [1.29, 1.82) is 0 Å². The van der Waals surface area contributed by atoms with Crippen LogP contribution in [0.4, 0.5) is 5.95 Å². The molecule has 0 unspecified atom stereocenters. The lowest BCUT2D eigenvalue weighted by atomic mass is 10.3. The Labute approximate surface area is 109 Å². The van der Waals surface area contributed by atoms with E-state index in [0.29, 0.717) is 29.5 Å². The summed E-state index contributed by atoms with van der Waals surface area (Å²) in [4.78, 5) is 16.6. The molecule has 2 N–H and O–H groups in total. The van der Waals surface area contributed by atoms with Gasteiger partial charge in [0, 0.05) is 12.4 Å². The van der Waals surface area contributed by atoms with Crippen molar-refractivity contribution in [2.45, 2.75) is 6.54 Å². The van der Waals surface area contributed by atoms with Gasteiger partial charge in [0.15, 0.2) is 11.2 Å². The van der Waals surface area contributed by atoms with Gasteiger partial charge in [0.2, 0.25) is 11.8 Å². The molecule has 0 bridgehead atoms. The van der Waals surface area contributed by atoms with Crippen molar-refractivity contribution in [1.82, 2.24) is 24.5 Å². The molecule has 0 amide bonds. The van der Waals surface area contributed by atoms with Crippen LogP contribution in [0.5, 0.6) is 5.88 Å². The third-order valence-corrected chi connectivity index (χ3v) is 2.78. The molecular formula is C12H12N6O. The van der Waals surface area contributed by atoms with Gasteiger partial charge in [-0.3, -0.25) is 9.55 Å². The van der Waals surface area contributed by atoms with Crippen molar-refractivity contribution in [2.24, 2.45) is 0 Å². The Balaban J connectivity index is 2.11. The van der Waals surface area contributed by atoms with Crippen LogP contribution in [0, 0.1) is 0 Å². The molecule has 0 aliphatic rings. The first-order valence-corrected chi connectivity index (χ1v) is 5.69. The number of pyridine rings is 1. The van der Waals surface area contributed by atoms with E-state index in [2.05, 4.69) is 19.9 Å². The molecule has 0 spiro atoms. The molecule has 7 nitrogen and oxygen atoms in total. The summed E-state index contributed by atoms with van der Waals surface area (Å²) in [5.41, 5.74) is 8.16. The molecule has 96 valence electrons. The molecule has 0 saturated carbocycles. The summed E-state index contributed by atoms with van der Waals surface area (Å²) in [6.45, 7) is 0.552. The average molecular weight is 256 g/mol. The van der Waals surface area contributed by atoms with Gasteiger partial charge in [0.25, 0.3) is 0 Å². The molecule has 3 heterocycles. The molecule has 0 aromatic carbocycles. The Morgan fingerprint density at radius 3 is 3.00 bits per heavy atom. The molecule has 7 heteroatoms. The Kier molecular flexibility index (Phi) is 2.71. The molecule has 3 aromatic heterocycles. The fourth-order valence-electron chi connectivity index (χ4n) is 1.91. The van der Waals surface area contributed by atoms with Crippen molar-refractivity contribution in [3.63, 3.8) is 0 Å². The summed E-state index contributed by atoms with van der Waals surface area (Å²) in [5.74, 6) is 0.791. The zero-order valence-corrected chi connectivity index (χ0v) is 10.3. The van der Waals surface area contributed by atoms with E-state index < -0.39 is 0 Å². The maximum absolute atomic E-state index is 5.93. The second kappa shape index (κ2) is 4.52. The summed E-state index contributed by atoms with van der Waals surface area (Å²) in [5, 5.41) is 0. The van der Waals surface area contributed by atoms with Crippen LogP contribution in [0.2, 0.25) is 0 Å². The predicted molar refractivity (Wildman–Crippen MR) is 69.6 cm³/mol. The molecular weight excluding hydrogens is 244 g/mol. The van der Waals surface area contributed by atoms with E-state index in [-0.39, 0.29) is 0 Å². The molecule has 0 aliphatic heterocycles. The van der Waals surface area contributed by atoms with Crippen molar-refractivity contribution in [3.8, 4) is 5.88 Å². The number of fused-ring (bicyclic) bond motifs is 1. The van der Waals surface area contributed by atoms with Crippen LogP contribution in [0.25, 0.3) is 11.2 Å². The highest BCUT2D eigenvalue weighted by atomic mass is 16.5. The third kappa shape index (κ3) is 1.95. The quantitative estimate of drug-likeness (QED) is 0.747. The average Bonchev–Trinajstić information content (AvgIpc) is 2.76. The minimum atomic E-state index is 0.373. The maximum Gasteiger partial charge on any atom is 0.245 e.